The summed E-state index contributed by atoms with van der Waals surface area (Å²) in [6, 6.07) is 3.57. The van der Waals surface area contributed by atoms with Crippen molar-refractivity contribution in [2.45, 2.75) is 27.7 Å². The molecule has 0 saturated carbocycles. The largest absolute Gasteiger partial charge is 0.504 e. The van der Waals surface area contributed by atoms with Gasteiger partial charge in [0.2, 0.25) is 11.5 Å². The van der Waals surface area contributed by atoms with Gasteiger partial charge in [0.1, 0.15) is 5.15 Å². The third-order valence-corrected chi connectivity index (χ3v) is 3.04. The van der Waals surface area contributed by atoms with Gasteiger partial charge in [-0.2, -0.15) is 0 Å². The monoisotopic (exact) mass is 347 g/mol. The molecule has 2 aromatic rings. The summed E-state index contributed by atoms with van der Waals surface area (Å²) >= 11 is 11.4. The Bertz CT molecular complexity index is 619. The van der Waals surface area contributed by atoms with Crippen molar-refractivity contribution in [3.05, 3.63) is 39.6 Å². The minimum absolute atomic E-state index is 0.0605. The second kappa shape index (κ2) is 9.23. The molecule has 0 aliphatic carbocycles. The lowest BCUT2D eigenvalue weighted by Crippen LogP contribution is -2.02. The Hall–Kier alpha value is -1.85. The Morgan fingerprint density at radius 2 is 1.55 bits per heavy atom. The number of hydrogen-bond donors (Lipinski definition) is 4. The summed E-state index contributed by atoms with van der Waals surface area (Å²) in [6.45, 7) is 8.00. The number of aromatic nitrogens is 1. The molecule has 7 heteroatoms. The molecule has 0 atom stereocenters. The molecular weight excluding hydrogens is 329 g/mol. The van der Waals surface area contributed by atoms with E-state index in [-0.39, 0.29) is 21.4 Å². The molecular formula is C15H19Cl2NO4. The number of carbonyl (C=O) groups excluding carboxylic acids is 1. The molecule has 1 aromatic heterocycles. The van der Waals surface area contributed by atoms with Gasteiger partial charge in [0, 0.05) is 0 Å². The normalized spacial score (nSPS) is 9.18. The van der Waals surface area contributed by atoms with Crippen LogP contribution < -0.4 is 0 Å². The molecule has 0 aliphatic rings. The van der Waals surface area contributed by atoms with Crippen molar-refractivity contribution in [3.8, 4) is 17.2 Å². The third kappa shape index (κ3) is 4.32. The van der Waals surface area contributed by atoms with E-state index in [1.165, 1.54) is 12.1 Å². The molecule has 0 radical (unpaired) electrons. The third-order valence-electron chi connectivity index (χ3n) is 2.34. The lowest BCUT2D eigenvalue weighted by atomic mass is 10.1. The minimum Gasteiger partial charge on any atom is -0.504 e. The summed E-state index contributed by atoms with van der Waals surface area (Å²) < 4.78 is 0. The van der Waals surface area contributed by atoms with Crippen LogP contribution in [0.2, 0.25) is 10.2 Å². The smallest absolute Gasteiger partial charge is 0.213 e. The number of phenols is 3. The molecule has 1 aromatic carbocycles. The van der Waals surface area contributed by atoms with Crippen molar-refractivity contribution in [3.63, 3.8) is 0 Å². The van der Waals surface area contributed by atoms with Crippen molar-refractivity contribution >= 4 is 29.0 Å². The summed E-state index contributed by atoms with van der Waals surface area (Å²) in [7, 11) is 0. The Kier molecular flexibility index (Phi) is 8.45. The number of nitrogens with one attached hydrogen (secondary N) is 1. The van der Waals surface area contributed by atoms with E-state index in [2.05, 4.69) is 4.98 Å². The Morgan fingerprint density at radius 3 is 2.00 bits per heavy atom. The Morgan fingerprint density at radius 1 is 1.00 bits per heavy atom. The standard InChI is InChI=1S/C11H7Cl2NO4.2C2H6/c12-5-3-6(14-11(5)13)8(16)4-1-2-7(15)10(18)9(4)17;2*1-2/h1-3,14-15,17-18H;2*1-2H3. The number of aromatic amines is 1. The van der Waals surface area contributed by atoms with Gasteiger partial charge in [0.05, 0.1) is 16.3 Å². The number of halogens is 2. The van der Waals surface area contributed by atoms with E-state index in [1.807, 2.05) is 27.7 Å². The van der Waals surface area contributed by atoms with Gasteiger partial charge in [0.25, 0.3) is 0 Å². The Balaban J connectivity index is 0.00000102. The molecule has 0 amide bonds. The van der Waals surface area contributed by atoms with Crippen LogP contribution in [0, 0.1) is 0 Å². The maximum atomic E-state index is 12.0. The molecule has 5 nitrogen and oxygen atoms in total. The van der Waals surface area contributed by atoms with E-state index in [0.717, 1.165) is 6.07 Å². The van der Waals surface area contributed by atoms with E-state index in [4.69, 9.17) is 28.3 Å². The van der Waals surface area contributed by atoms with Gasteiger partial charge in [-0.1, -0.05) is 50.9 Å². The highest BCUT2D eigenvalue weighted by atomic mass is 35.5. The van der Waals surface area contributed by atoms with Crippen molar-refractivity contribution in [2.24, 2.45) is 0 Å². The molecule has 122 valence electrons. The topological polar surface area (TPSA) is 93.6 Å². The number of benzene rings is 1. The Labute approximate surface area is 139 Å². The van der Waals surface area contributed by atoms with E-state index < -0.39 is 23.0 Å². The summed E-state index contributed by atoms with van der Waals surface area (Å²) in [6.07, 6.45) is 0. The van der Waals surface area contributed by atoms with Crippen molar-refractivity contribution in [2.75, 3.05) is 0 Å². The first kappa shape index (κ1) is 20.1. The molecule has 22 heavy (non-hydrogen) atoms. The van der Waals surface area contributed by atoms with E-state index in [1.54, 1.807) is 0 Å². The quantitative estimate of drug-likeness (QED) is 0.467. The van der Waals surface area contributed by atoms with Crippen molar-refractivity contribution in [1.82, 2.24) is 4.98 Å². The zero-order valence-corrected chi connectivity index (χ0v) is 14.2. The summed E-state index contributed by atoms with van der Waals surface area (Å²) in [5.41, 5.74) is -0.120. The number of rotatable bonds is 2. The molecule has 0 unspecified atom stereocenters. The summed E-state index contributed by atoms with van der Waals surface area (Å²) in [5, 5.41) is 28.3. The lowest BCUT2D eigenvalue weighted by Gasteiger charge is -2.05. The van der Waals surface area contributed by atoms with Crippen LogP contribution >= 0.6 is 23.2 Å². The first-order valence-corrected chi connectivity index (χ1v) is 7.50. The van der Waals surface area contributed by atoms with Crippen LogP contribution in [0.25, 0.3) is 0 Å². The van der Waals surface area contributed by atoms with Gasteiger partial charge >= 0.3 is 0 Å². The number of aromatic hydroxyl groups is 3. The van der Waals surface area contributed by atoms with Gasteiger partial charge in [-0.3, -0.25) is 4.79 Å². The molecule has 0 saturated heterocycles. The van der Waals surface area contributed by atoms with Gasteiger partial charge in [-0.25, -0.2) is 0 Å². The highest BCUT2D eigenvalue weighted by molar-refractivity contribution is 6.41. The van der Waals surface area contributed by atoms with Crippen molar-refractivity contribution in [1.29, 1.82) is 0 Å². The minimum atomic E-state index is -0.760. The zero-order chi connectivity index (χ0) is 17.4. The van der Waals surface area contributed by atoms with Gasteiger partial charge in [-0.05, 0) is 18.2 Å². The molecule has 0 fully saturated rings. The average molecular weight is 348 g/mol. The lowest BCUT2D eigenvalue weighted by molar-refractivity contribution is 0.103. The van der Waals surface area contributed by atoms with Gasteiger partial charge in [-0.15, -0.1) is 0 Å². The molecule has 1 heterocycles. The fourth-order valence-electron chi connectivity index (χ4n) is 1.42. The summed E-state index contributed by atoms with van der Waals surface area (Å²) in [4.78, 5) is 14.5. The molecule has 4 N–H and O–H groups in total. The zero-order valence-electron chi connectivity index (χ0n) is 12.7. The van der Waals surface area contributed by atoms with Crippen LogP contribution in [-0.4, -0.2) is 26.1 Å². The number of phenolic OH excluding ortho intramolecular Hbond substituents is 3. The fraction of sp³-hybridized carbons (Fsp3) is 0.267. The van der Waals surface area contributed by atoms with E-state index in [0.29, 0.717) is 0 Å². The highest BCUT2D eigenvalue weighted by Crippen LogP contribution is 2.38. The van der Waals surface area contributed by atoms with Crippen LogP contribution in [0.15, 0.2) is 18.2 Å². The van der Waals surface area contributed by atoms with Gasteiger partial charge in [0.15, 0.2) is 11.5 Å². The number of hydrogen-bond acceptors (Lipinski definition) is 4. The van der Waals surface area contributed by atoms with E-state index >= 15 is 0 Å². The van der Waals surface area contributed by atoms with Crippen LogP contribution in [0.4, 0.5) is 0 Å². The average Bonchev–Trinajstić information content (AvgIpc) is 2.88. The van der Waals surface area contributed by atoms with Crippen LogP contribution in [-0.2, 0) is 0 Å². The maximum Gasteiger partial charge on any atom is 0.213 e. The van der Waals surface area contributed by atoms with Crippen LogP contribution in [0.5, 0.6) is 17.2 Å². The van der Waals surface area contributed by atoms with Crippen LogP contribution in [0.1, 0.15) is 43.7 Å². The predicted octanol–water partition coefficient (Wildman–Crippen LogP) is 4.72. The second-order valence-corrected chi connectivity index (χ2v) is 4.29. The number of carbonyl (C=O) groups is 1. The molecule has 0 spiro atoms. The highest BCUT2D eigenvalue weighted by Gasteiger charge is 2.20. The molecule has 2 rings (SSSR count). The molecule has 0 aliphatic heterocycles. The second-order valence-electron chi connectivity index (χ2n) is 3.50. The fourth-order valence-corrected chi connectivity index (χ4v) is 1.74. The first-order valence-electron chi connectivity index (χ1n) is 6.74. The van der Waals surface area contributed by atoms with Gasteiger partial charge < -0.3 is 20.3 Å². The first-order chi connectivity index (χ1) is 10.4. The van der Waals surface area contributed by atoms with Crippen molar-refractivity contribution < 1.29 is 20.1 Å². The predicted molar refractivity (Wildman–Crippen MR) is 88.4 cm³/mol. The number of ketones is 1. The SMILES string of the molecule is CC.CC.O=C(c1cc(Cl)c(Cl)[nH]1)c1ccc(O)c(O)c1O. The maximum absolute atomic E-state index is 12.0. The summed E-state index contributed by atoms with van der Waals surface area (Å²) in [5.74, 6) is -2.60. The number of H-pyrrole nitrogens is 1. The van der Waals surface area contributed by atoms with E-state index in [9.17, 15) is 15.0 Å². The van der Waals surface area contributed by atoms with Crippen LogP contribution in [0.3, 0.4) is 0 Å². The molecule has 0 bridgehead atoms.